The van der Waals surface area contributed by atoms with Gasteiger partial charge in [0.05, 0.1) is 41.6 Å². The Hall–Kier alpha value is -6.25. The summed E-state index contributed by atoms with van der Waals surface area (Å²) in [4.78, 5) is 77.1. The van der Waals surface area contributed by atoms with E-state index in [2.05, 4.69) is 60.7 Å². The van der Waals surface area contributed by atoms with Crippen LogP contribution in [0.3, 0.4) is 0 Å². The van der Waals surface area contributed by atoms with Gasteiger partial charge in [-0.3, -0.25) is 39.1 Å². The molecule has 6 aliphatic rings. The fourth-order valence-corrected chi connectivity index (χ4v) is 11.4. The van der Waals surface area contributed by atoms with E-state index in [1.807, 2.05) is 23.1 Å². The lowest BCUT2D eigenvalue weighted by molar-refractivity contribution is -0.199. The van der Waals surface area contributed by atoms with Gasteiger partial charge in [-0.1, -0.05) is 33.6 Å². The summed E-state index contributed by atoms with van der Waals surface area (Å²) in [6.45, 7) is 12.3. The number of nitriles is 1. The van der Waals surface area contributed by atoms with Gasteiger partial charge < -0.3 is 19.3 Å². The Morgan fingerprint density at radius 3 is 2.21 bits per heavy atom. The zero-order valence-corrected chi connectivity index (χ0v) is 35.8. The number of anilines is 1. The number of amides is 5. The van der Waals surface area contributed by atoms with Gasteiger partial charge >= 0.3 is 0 Å². The van der Waals surface area contributed by atoms with Crippen molar-refractivity contribution in [2.45, 2.75) is 97.0 Å². The van der Waals surface area contributed by atoms with Crippen LogP contribution in [0.25, 0.3) is 0 Å². The van der Waals surface area contributed by atoms with Gasteiger partial charge in [-0.05, 0) is 80.5 Å². The highest BCUT2D eigenvalue weighted by Crippen LogP contribution is 2.59. The maximum atomic E-state index is 13.8. The minimum absolute atomic E-state index is 0.0203. The lowest BCUT2D eigenvalue weighted by Crippen LogP contribution is -2.74. The molecule has 1 aromatic heterocycles. The number of carbonyl (C=O) groups is 5. The lowest BCUT2D eigenvalue weighted by Gasteiger charge is -2.65. The number of nitrogens with one attached hydrogen (secondary N) is 1. The molecule has 5 heterocycles. The highest BCUT2D eigenvalue weighted by Gasteiger charge is 2.67. The van der Waals surface area contributed by atoms with Crippen LogP contribution in [0.15, 0.2) is 48.5 Å². The van der Waals surface area contributed by atoms with Gasteiger partial charge in [0.15, 0.2) is 0 Å². The molecule has 4 fully saturated rings. The van der Waals surface area contributed by atoms with Gasteiger partial charge in [0.2, 0.25) is 11.8 Å². The minimum Gasteiger partial charge on any atom is -0.495 e. The molecule has 14 nitrogen and oxygen atoms in total. The third-order valence-corrected chi connectivity index (χ3v) is 14.1. The van der Waals surface area contributed by atoms with Crippen molar-refractivity contribution < 1.29 is 33.4 Å². The van der Waals surface area contributed by atoms with Crippen LogP contribution in [-0.4, -0.2) is 107 Å². The number of carbonyl (C=O) groups excluding carboxylic acids is 5. The van der Waals surface area contributed by atoms with Gasteiger partial charge in [-0.2, -0.15) is 5.26 Å². The number of fused-ring (bicyclic) bond motifs is 2. The lowest BCUT2D eigenvalue weighted by atomic mass is 9.49. The zero-order valence-electron chi connectivity index (χ0n) is 35.8. The molecule has 0 bridgehead atoms. The Morgan fingerprint density at radius 1 is 0.806 bits per heavy atom. The Labute approximate surface area is 361 Å². The summed E-state index contributed by atoms with van der Waals surface area (Å²) in [5.74, 6) is 6.19. The van der Waals surface area contributed by atoms with Crippen molar-refractivity contribution in [1.82, 2.24) is 25.0 Å². The van der Waals surface area contributed by atoms with Crippen molar-refractivity contribution >= 4 is 35.2 Å². The summed E-state index contributed by atoms with van der Waals surface area (Å²) in [6, 6.07) is 15.8. The second-order valence-corrected chi connectivity index (χ2v) is 18.6. The second kappa shape index (κ2) is 15.6. The number of nitrogens with zero attached hydrogens (tertiary/aromatic N) is 6. The Morgan fingerprint density at radius 2 is 1.52 bits per heavy atom. The van der Waals surface area contributed by atoms with Gasteiger partial charge in [0.25, 0.3) is 17.7 Å². The summed E-state index contributed by atoms with van der Waals surface area (Å²) in [5, 5.41) is 11.6. The average Bonchev–Trinajstić information content (AvgIpc) is 3.71. The molecular weight excluding hydrogens is 787 g/mol. The van der Waals surface area contributed by atoms with Crippen LogP contribution in [0.2, 0.25) is 0 Å². The number of piperazine rings is 1. The number of imide groups is 2. The standard InChI is InChI=1S/C48H51N7O7/c1-47(2)45(48(3,4)46(47)62-33-15-9-29(26-49)39(25-33)61-5)54-27-37-35(42(54)58)16-11-30(50-37)10-6-28-7-12-31(13-8-28)52-20-22-53(23-21-52)32-14-17-34-36(24-32)44(60)55(43(34)59)38-18-19-40(56)51-41(38)57/h9,11,14-17,24-25,28,31,38,45-46H,7-8,12-13,18-23,27H2,1-5H3,(H,51,56,57)/t28-,31-,38?,45-,46-. The van der Waals surface area contributed by atoms with E-state index in [0.29, 0.717) is 46.5 Å². The molecule has 4 aliphatic heterocycles. The van der Waals surface area contributed by atoms with E-state index < -0.39 is 29.7 Å². The smallest absolute Gasteiger partial charge is 0.262 e. The predicted molar refractivity (Wildman–Crippen MR) is 227 cm³/mol. The van der Waals surface area contributed by atoms with E-state index in [1.54, 1.807) is 30.3 Å². The molecule has 2 aliphatic carbocycles. The van der Waals surface area contributed by atoms with Gasteiger partial charge in [0.1, 0.15) is 35.4 Å². The molecule has 62 heavy (non-hydrogen) atoms. The number of methoxy groups -OCH3 is 1. The van der Waals surface area contributed by atoms with Crippen molar-refractivity contribution in [3.8, 4) is 29.4 Å². The highest BCUT2D eigenvalue weighted by atomic mass is 16.5. The number of hydrogen-bond acceptors (Lipinski definition) is 11. The number of hydrogen-bond donors (Lipinski definition) is 1. The molecule has 9 rings (SSSR count). The molecule has 2 saturated carbocycles. The van der Waals surface area contributed by atoms with Crippen molar-refractivity contribution in [3.63, 3.8) is 0 Å². The molecule has 0 radical (unpaired) electrons. The molecule has 3 aromatic rings. The third kappa shape index (κ3) is 6.94. The Kier molecular flexibility index (Phi) is 10.3. The molecule has 1 atom stereocenters. The monoisotopic (exact) mass is 837 g/mol. The van der Waals surface area contributed by atoms with Gasteiger partial charge in [-0.25, -0.2) is 4.98 Å². The van der Waals surface area contributed by atoms with Gasteiger partial charge in [0, 0.05) is 73.2 Å². The fraction of sp³-hybridized carbons (Fsp3) is 0.479. The summed E-state index contributed by atoms with van der Waals surface area (Å²) < 4.78 is 11.9. The van der Waals surface area contributed by atoms with Crippen LogP contribution in [0.4, 0.5) is 5.69 Å². The van der Waals surface area contributed by atoms with Crippen LogP contribution in [-0.2, 0) is 16.1 Å². The minimum atomic E-state index is -0.980. The largest absolute Gasteiger partial charge is 0.495 e. The van der Waals surface area contributed by atoms with Crippen molar-refractivity contribution in [2.24, 2.45) is 16.7 Å². The molecular formula is C48H51N7O7. The van der Waals surface area contributed by atoms with E-state index in [-0.39, 0.29) is 53.2 Å². The zero-order chi connectivity index (χ0) is 43.7. The maximum Gasteiger partial charge on any atom is 0.262 e. The molecule has 0 spiro atoms. The normalized spacial score (nSPS) is 26.5. The van der Waals surface area contributed by atoms with Crippen LogP contribution in [0, 0.1) is 39.9 Å². The molecule has 2 aromatic carbocycles. The second-order valence-electron chi connectivity index (χ2n) is 18.6. The molecule has 320 valence electrons. The molecule has 5 amide bonds. The number of benzene rings is 2. The molecule has 1 N–H and O–H groups in total. The summed E-state index contributed by atoms with van der Waals surface area (Å²) >= 11 is 0. The third-order valence-electron chi connectivity index (χ3n) is 14.1. The first-order valence-corrected chi connectivity index (χ1v) is 21.6. The predicted octanol–water partition coefficient (Wildman–Crippen LogP) is 4.93. The van der Waals surface area contributed by atoms with Crippen LogP contribution in [0.1, 0.15) is 114 Å². The number of pyridine rings is 1. The number of ether oxygens (including phenoxy) is 2. The molecule has 14 heteroatoms. The van der Waals surface area contributed by atoms with E-state index in [4.69, 9.17) is 14.5 Å². The topological polar surface area (TPSA) is 165 Å². The quantitative estimate of drug-likeness (QED) is 0.253. The first kappa shape index (κ1) is 41.1. The molecule has 1 unspecified atom stereocenters. The van der Waals surface area contributed by atoms with Crippen molar-refractivity contribution in [2.75, 3.05) is 38.2 Å². The van der Waals surface area contributed by atoms with E-state index in [0.717, 1.165) is 68.1 Å². The summed E-state index contributed by atoms with van der Waals surface area (Å²) in [5.41, 5.74) is 3.24. The average molecular weight is 838 g/mol. The van der Waals surface area contributed by atoms with Crippen LogP contribution < -0.4 is 19.7 Å². The first-order valence-electron chi connectivity index (χ1n) is 21.6. The van der Waals surface area contributed by atoms with Crippen molar-refractivity contribution in [1.29, 1.82) is 5.26 Å². The number of piperidine rings is 1. The Balaban J connectivity index is 0.770. The number of rotatable bonds is 7. The Bertz CT molecular complexity index is 2480. The number of aromatic nitrogens is 1. The maximum absolute atomic E-state index is 13.8. The van der Waals surface area contributed by atoms with Crippen LogP contribution >= 0.6 is 0 Å². The fourth-order valence-electron chi connectivity index (χ4n) is 11.4. The van der Waals surface area contributed by atoms with Crippen molar-refractivity contribution in [3.05, 3.63) is 82.2 Å². The van der Waals surface area contributed by atoms with E-state index >= 15 is 0 Å². The summed E-state index contributed by atoms with van der Waals surface area (Å²) in [7, 11) is 1.53. The first-order chi connectivity index (χ1) is 29.7. The van der Waals surface area contributed by atoms with E-state index in [9.17, 15) is 29.2 Å². The SMILES string of the molecule is COc1cc(O[C@H]2C(C)(C)[C@H](N3Cc4nc(C#C[C@H]5CC[C@H](N6CCN(c7ccc8c(c7)C(=O)N(C7CCC(=O)NC7=O)C8=O)CC6)CC5)ccc4C3=O)C2(C)C)ccc1C#N. The van der Waals surface area contributed by atoms with Crippen LogP contribution in [0.5, 0.6) is 11.5 Å². The van der Waals surface area contributed by atoms with Gasteiger partial charge in [-0.15, -0.1) is 0 Å². The van der Waals surface area contributed by atoms with E-state index in [1.165, 1.54) is 7.11 Å². The summed E-state index contributed by atoms with van der Waals surface area (Å²) in [6.07, 6.45) is 4.15. The highest BCUT2D eigenvalue weighted by molar-refractivity contribution is 6.23. The molecule has 2 saturated heterocycles.